The van der Waals surface area contributed by atoms with Gasteiger partial charge in [-0.25, -0.2) is 0 Å². The highest BCUT2D eigenvalue weighted by Gasteiger charge is 2.19. The number of carbonyl (C=O) groups excluding carboxylic acids is 3. The van der Waals surface area contributed by atoms with E-state index in [1.165, 1.54) is 167 Å². The summed E-state index contributed by atoms with van der Waals surface area (Å²) in [4.78, 5) is 38.4. The van der Waals surface area contributed by atoms with E-state index in [9.17, 15) is 14.4 Å². The number of esters is 3. The fraction of sp³-hybridized carbons (Fsp3) is 0.720. The molecule has 1 unspecified atom stereocenters. The summed E-state index contributed by atoms with van der Waals surface area (Å²) in [5.74, 6) is -0.926. The summed E-state index contributed by atoms with van der Waals surface area (Å²) < 4.78 is 16.9. The third kappa shape index (κ3) is 66.8. The molecule has 0 bridgehead atoms. The van der Waals surface area contributed by atoms with Gasteiger partial charge in [-0.2, -0.15) is 0 Å². The number of hydrogen-bond donors (Lipinski definition) is 0. The van der Waals surface area contributed by atoms with E-state index in [1.807, 2.05) is 0 Å². The van der Waals surface area contributed by atoms with Crippen LogP contribution < -0.4 is 0 Å². The molecular formula is C75H128O6. The normalized spacial score (nSPS) is 12.8. The van der Waals surface area contributed by atoms with Crippen LogP contribution in [0.25, 0.3) is 0 Å². The quantitative estimate of drug-likeness (QED) is 0.0261. The highest BCUT2D eigenvalue weighted by molar-refractivity contribution is 5.71. The van der Waals surface area contributed by atoms with Gasteiger partial charge in [-0.15, -0.1) is 0 Å². The van der Waals surface area contributed by atoms with E-state index in [1.54, 1.807) is 0 Å². The second kappa shape index (κ2) is 68.6. The van der Waals surface area contributed by atoms with Crippen molar-refractivity contribution in [3.8, 4) is 0 Å². The van der Waals surface area contributed by atoms with Crippen molar-refractivity contribution in [3.05, 3.63) is 109 Å². The fourth-order valence-corrected chi connectivity index (χ4v) is 9.66. The minimum atomic E-state index is -0.803. The highest BCUT2D eigenvalue weighted by atomic mass is 16.6. The first-order valence-electron chi connectivity index (χ1n) is 34.4. The second-order valence-electron chi connectivity index (χ2n) is 22.7. The molecule has 0 aromatic heterocycles. The Kier molecular flexibility index (Phi) is 65.2. The third-order valence-corrected chi connectivity index (χ3v) is 14.7. The summed E-state index contributed by atoms with van der Waals surface area (Å²) in [5, 5.41) is 0. The maximum absolute atomic E-state index is 12.9. The van der Waals surface area contributed by atoms with Crippen molar-refractivity contribution >= 4 is 17.9 Å². The summed E-state index contributed by atoms with van der Waals surface area (Å²) in [6.45, 7) is 6.41. The van der Waals surface area contributed by atoms with E-state index in [0.29, 0.717) is 12.8 Å². The molecule has 0 rings (SSSR count). The van der Waals surface area contributed by atoms with Crippen molar-refractivity contribution in [1.82, 2.24) is 0 Å². The predicted molar refractivity (Wildman–Crippen MR) is 353 cm³/mol. The van der Waals surface area contributed by atoms with Gasteiger partial charge in [-0.1, -0.05) is 297 Å². The standard InChI is InChI=1S/C75H128O6/c1-4-7-10-13-16-19-22-25-28-31-33-34-35-36-37-38-39-40-42-44-47-50-53-56-59-62-65-68-74(77)80-71-72(70-79-73(76)67-64-61-58-55-52-49-46-43-30-27-24-21-18-15-12-9-6-3)81-75(78)69-66-63-60-57-54-51-48-45-41-32-29-26-23-20-17-14-11-8-5-2/h8-9,11-12,17-18,20-21,26-27,29-31,33,41,45,51,54,72H,4-7,10,13-16,19,22-25,28,32,34-40,42-44,46-50,52-53,55-71H2,1-3H3/b11-8-,12-9-,20-17-,21-18-,29-26-,30-27-,33-31-,45-41-,54-51-. The van der Waals surface area contributed by atoms with Crippen LogP contribution in [0.5, 0.6) is 0 Å². The van der Waals surface area contributed by atoms with Gasteiger partial charge in [0.2, 0.25) is 0 Å². The van der Waals surface area contributed by atoms with Gasteiger partial charge in [0, 0.05) is 19.3 Å². The molecule has 6 nitrogen and oxygen atoms in total. The largest absolute Gasteiger partial charge is 0.462 e. The van der Waals surface area contributed by atoms with E-state index in [0.717, 1.165) is 122 Å². The number of ether oxygens (including phenoxy) is 3. The molecule has 1 atom stereocenters. The lowest BCUT2D eigenvalue weighted by atomic mass is 10.0. The molecule has 0 aliphatic heterocycles. The zero-order valence-corrected chi connectivity index (χ0v) is 53.3. The van der Waals surface area contributed by atoms with Crippen LogP contribution >= 0.6 is 0 Å². The zero-order chi connectivity index (χ0) is 58.5. The molecule has 0 fully saturated rings. The Hall–Kier alpha value is -3.93. The van der Waals surface area contributed by atoms with Crippen LogP contribution in [0, 0.1) is 0 Å². The van der Waals surface area contributed by atoms with Crippen molar-refractivity contribution < 1.29 is 28.6 Å². The molecule has 81 heavy (non-hydrogen) atoms. The minimum Gasteiger partial charge on any atom is -0.462 e. The molecule has 0 amide bonds. The zero-order valence-electron chi connectivity index (χ0n) is 53.3. The summed E-state index contributed by atoms with van der Waals surface area (Å²) >= 11 is 0. The van der Waals surface area contributed by atoms with E-state index < -0.39 is 6.10 Å². The molecule has 0 saturated carbocycles. The van der Waals surface area contributed by atoms with Gasteiger partial charge in [0.05, 0.1) is 0 Å². The van der Waals surface area contributed by atoms with Crippen LogP contribution in [0.3, 0.4) is 0 Å². The second-order valence-corrected chi connectivity index (χ2v) is 22.7. The van der Waals surface area contributed by atoms with Crippen molar-refractivity contribution in [2.45, 2.75) is 335 Å². The minimum absolute atomic E-state index is 0.0942. The summed E-state index contributed by atoms with van der Waals surface area (Å²) in [6, 6.07) is 0. The van der Waals surface area contributed by atoms with Crippen molar-refractivity contribution in [3.63, 3.8) is 0 Å². The van der Waals surface area contributed by atoms with Gasteiger partial charge in [0.15, 0.2) is 6.10 Å². The Labute approximate surface area is 501 Å². The summed E-state index contributed by atoms with van der Waals surface area (Å²) in [5.41, 5.74) is 0. The Balaban J connectivity index is 4.36. The molecule has 6 heteroatoms. The molecule has 0 N–H and O–H groups in total. The molecule has 0 saturated heterocycles. The average Bonchev–Trinajstić information content (AvgIpc) is 3.47. The number of hydrogen-bond acceptors (Lipinski definition) is 6. The first-order valence-corrected chi connectivity index (χ1v) is 34.4. The lowest BCUT2D eigenvalue weighted by molar-refractivity contribution is -0.167. The Bertz CT molecular complexity index is 1620. The third-order valence-electron chi connectivity index (χ3n) is 14.7. The van der Waals surface area contributed by atoms with Crippen LogP contribution in [0.2, 0.25) is 0 Å². The lowest BCUT2D eigenvalue weighted by Gasteiger charge is -2.18. The van der Waals surface area contributed by atoms with Gasteiger partial charge in [0.25, 0.3) is 0 Å². The van der Waals surface area contributed by atoms with Crippen LogP contribution in [0.15, 0.2) is 109 Å². The molecule has 464 valence electrons. The molecule has 0 aliphatic carbocycles. The van der Waals surface area contributed by atoms with Crippen LogP contribution in [-0.2, 0) is 28.6 Å². The smallest absolute Gasteiger partial charge is 0.306 e. The number of unbranched alkanes of at least 4 members (excludes halogenated alkanes) is 33. The average molecular weight is 1130 g/mol. The van der Waals surface area contributed by atoms with Crippen molar-refractivity contribution in [2.75, 3.05) is 13.2 Å². The fourth-order valence-electron chi connectivity index (χ4n) is 9.66. The molecule has 0 aromatic carbocycles. The first-order chi connectivity index (χ1) is 40.0. The van der Waals surface area contributed by atoms with Crippen molar-refractivity contribution in [1.29, 1.82) is 0 Å². The van der Waals surface area contributed by atoms with Gasteiger partial charge in [-0.3, -0.25) is 14.4 Å². The topological polar surface area (TPSA) is 78.9 Å². The molecule has 0 aliphatic rings. The number of rotatable bonds is 62. The first kappa shape index (κ1) is 77.1. The molecule has 0 radical (unpaired) electrons. The van der Waals surface area contributed by atoms with E-state index in [2.05, 4.69) is 130 Å². The van der Waals surface area contributed by atoms with E-state index in [-0.39, 0.29) is 37.5 Å². The molecule has 0 spiro atoms. The van der Waals surface area contributed by atoms with E-state index in [4.69, 9.17) is 14.2 Å². The maximum Gasteiger partial charge on any atom is 0.306 e. The van der Waals surface area contributed by atoms with Crippen LogP contribution in [0.4, 0.5) is 0 Å². The van der Waals surface area contributed by atoms with Gasteiger partial charge < -0.3 is 14.2 Å². The highest BCUT2D eigenvalue weighted by Crippen LogP contribution is 2.17. The molecule has 0 heterocycles. The van der Waals surface area contributed by atoms with Crippen molar-refractivity contribution in [2.24, 2.45) is 0 Å². The maximum atomic E-state index is 12.9. The molecular weight excluding hydrogens is 997 g/mol. The monoisotopic (exact) mass is 1120 g/mol. The number of carbonyl (C=O) groups is 3. The Morgan fingerprint density at radius 1 is 0.259 bits per heavy atom. The summed E-state index contributed by atoms with van der Waals surface area (Å²) in [6.07, 6.45) is 94.0. The van der Waals surface area contributed by atoms with Gasteiger partial charge in [-0.05, 0) is 122 Å². The predicted octanol–water partition coefficient (Wildman–Crippen LogP) is 23.8. The molecule has 0 aromatic rings. The Morgan fingerprint density at radius 3 is 0.778 bits per heavy atom. The Morgan fingerprint density at radius 2 is 0.481 bits per heavy atom. The SMILES string of the molecule is CC/C=C\C/C=C\C/C=C\C/C=C\C/C=C\CCCCCC(=O)OC(COC(=O)CCCCCCCCC/C=C\C/C=C\C/C=C\CC)COC(=O)CCCCCCCCCCCCCCCCC/C=C\CCCCCCCCCC. The lowest BCUT2D eigenvalue weighted by Crippen LogP contribution is -2.30. The van der Waals surface area contributed by atoms with Crippen LogP contribution in [-0.4, -0.2) is 37.2 Å². The van der Waals surface area contributed by atoms with Crippen LogP contribution in [0.1, 0.15) is 329 Å². The number of allylic oxidation sites excluding steroid dienone is 18. The summed E-state index contributed by atoms with van der Waals surface area (Å²) in [7, 11) is 0. The van der Waals surface area contributed by atoms with Gasteiger partial charge >= 0.3 is 17.9 Å². The van der Waals surface area contributed by atoms with Gasteiger partial charge in [0.1, 0.15) is 13.2 Å². The van der Waals surface area contributed by atoms with E-state index >= 15 is 0 Å².